The molecule has 3 rings (SSSR count). The molecule has 1 saturated heterocycles. The lowest BCUT2D eigenvalue weighted by Gasteiger charge is -2.26. The molecular formula is C23H30BrN3O5. The Kier molecular flexibility index (Phi) is 9.73. The number of nitro groups is 1. The summed E-state index contributed by atoms with van der Waals surface area (Å²) in [4.78, 5) is 12.8. The number of hydrogen-bond acceptors (Lipinski definition) is 7. The highest BCUT2D eigenvalue weighted by Gasteiger charge is 2.13. The predicted molar refractivity (Wildman–Crippen MR) is 126 cm³/mol. The van der Waals surface area contributed by atoms with E-state index < -0.39 is 4.92 Å². The number of benzene rings is 2. The van der Waals surface area contributed by atoms with Gasteiger partial charge in [-0.05, 0) is 61.8 Å². The summed E-state index contributed by atoms with van der Waals surface area (Å²) in [6.45, 7) is 9.21. The SMILES string of the molecule is CCOc1cc(CNCCCN2CCOCC2)c(Br)cc1OCc1ccc([N+](=O)[O-])cc1. The van der Waals surface area contributed by atoms with Crippen LogP contribution in [0.3, 0.4) is 0 Å². The summed E-state index contributed by atoms with van der Waals surface area (Å²) >= 11 is 3.64. The lowest BCUT2D eigenvalue weighted by molar-refractivity contribution is -0.384. The summed E-state index contributed by atoms with van der Waals surface area (Å²) < 4.78 is 18.1. The number of ether oxygens (including phenoxy) is 3. The standard InChI is InChI=1S/C23H30BrN3O5/c1-2-31-22-14-19(16-25-8-3-9-26-10-12-30-13-11-26)21(24)15-23(22)32-17-18-4-6-20(7-5-18)27(28)29/h4-7,14-15,25H,2-3,8-13,16-17H2,1H3. The van der Waals surface area contributed by atoms with Crippen LogP contribution < -0.4 is 14.8 Å². The second kappa shape index (κ2) is 12.7. The zero-order valence-corrected chi connectivity index (χ0v) is 19.9. The quantitative estimate of drug-likeness (QED) is 0.262. The molecule has 0 spiro atoms. The maximum absolute atomic E-state index is 10.8. The normalized spacial score (nSPS) is 14.3. The van der Waals surface area contributed by atoms with Crippen LogP contribution in [-0.2, 0) is 17.9 Å². The van der Waals surface area contributed by atoms with E-state index in [9.17, 15) is 10.1 Å². The van der Waals surface area contributed by atoms with E-state index >= 15 is 0 Å². The zero-order chi connectivity index (χ0) is 22.8. The average molecular weight is 508 g/mol. The molecule has 32 heavy (non-hydrogen) atoms. The predicted octanol–water partition coefficient (Wildman–Crippen LogP) is 4.15. The molecule has 0 saturated carbocycles. The molecule has 1 fully saturated rings. The minimum atomic E-state index is -0.412. The van der Waals surface area contributed by atoms with E-state index in [0.717, 1.165) is 68.0 Å². The Bertz CT molecular complexity index is 873. The van der Waals surface area contributed by atoms with Gasteiger partial charge in [-0.2, -0.15) is 0 Å². The van der Waals surface area contributed by atoms with Crippen molar-refractivity contribution in [2.75, 3.05) is 46.0 Å². The molecule has 0 bridgehead atoms. The van der Waals surface area contributed by atoms with Crippen LogP contribution in [0.2, 0.25) is 0 Å². The van der Waals surface area contributed by atoms with Crippen LogP contribution in [0.5, 0.6) is 11.5 Å². The Morgan fingerprint density at radius 3 is 2.56 bits per heavy atom. The van der Waals surface area contributed by atoms with Gasteiger partial charge in [-0.3, -0.25) is 15.0 Å². The molecule has 0 amide bonds. The molecule has 1 aliphatic rings. The van der Waals surface area contributed by atoms with Gasteiger partial charge in [-0.25, -0.2) is 0 Å². The van der Waals surface area contributed by atoms with Crippen molar-refractivity contribution in [2.24, 2.45) is 0 Å². The van der Waals surface area contributed by atoms with Crippen molar-refractivity contribution in [2.45, 2.75) is 26.5 Å². The summed E-state index contributed by atoms with van der Waals surface area (Å²) in [5, 5.41) is 14.3. The Labute approximate surface area is 197 Å². The van der Waals surface area contributed by atoms with Gasteiger partial charge in [0.15, 0.2) is 11.5 Å². The Morgan fingerprint density at radius 2 is 1.88 bits per heavy atom. The van der Waals surface area contributed by atoms with Crippen molar-refractivity contribution in [3.63, 3.8) is 0 Å². The number of non-ortho nitro benzene ring substituents is 1. The molecule has 0 aliphatic carbocycles. The van der Waals surface area contributed by atoms with Gasteiger partial charge in [0.2, 0.25) is 0 Å². The fourth-order valence-corrected chi connectivity index (χ4v) is 3.91. The molecule has 8 nitrogen and oxygen atoms in total. The van der Waals surface area contributed by atoms with E-state index in [2.05, 4.69) is 26.1 Å². The van der Waals surface area contributed by atoms with Crippen LogP contribution in [-0.4, -0.2) is 55.8 Å². The van der Waals surface area contributed by atoms with Crippen molar-refractivity contribution in [3.05, 3.63) is 62.1 Å². The van der Waals surface area contributed by atoms with Crippen LogP contribution >= 0.6 is 15.9 Å². The van der Waals surface area contributed by atoms with Crippen molar-refractivity contribution < 1.29 is 19.1 Å². The molecule has 2 aromatic carbocycles. The highest BCUT2D eigenvalue weighted by Crippen LogP contribution is 2.34. The third-order valence-corrected chi connectivity index (χ3v) is 5.94. The summed E-state index contributed by atoms with van der Waals surface area (Å²) in [7, 11) is 0. The first-order chi connectivity index (χ1) is 15.6. The zero-order valence-electron chi connectivity index (χ0n) is 18.3. The first-order valence-electron chi connectivity index (χ1n) is 10.9. The van der Waals surface area contributed by atoms with Crippen molar-refractivity contribution >= 4 is 21.6 Å². The van der Waals surface area contributed by atoms with E-state index in [4.69, 9.17) is 14.2 Å². The fraction of sp³-hybridized carbons (Fsp3) is 0.478. The smallest absolute Gasteiger partial charge is 0.269 e. The van der Waals surface area contributed by atoms with Gasteiger partial charge in [0.25, 0.3) is 5.69 Å². The lowest BCUT2D eigenvalue weighted by atomic mass is 10.2. The highest BCUT2D eigenvalue weighted by atomic mass is 79.9. The molecule has 0 atom stereocenters. The number of nitrogens with zero attached hydrogens (tertiary/aromatic N) is 2. The van der Waals surface area contributed by atoms with Gasteiger partial charge >= 0.3 is 0 Å². The molecule has 174 valence electrons. The van der Waals surface area contributed by atoms with Crippen LogP contribution in [0.15, 0.2) is 40.9 Å². The van der Waals surface area contributed by atoms with Crippen molar-refractivity contribution in [1.29, 1.82) is 0 Å². The van der Waals surface area contributed by atoms with E-state index in [1.54, 1.807) is 12.1 Å². The van der Waals surface area contributed by atoms with Crippen molar-refractivity contribution in [3.8, 4) is 11.5 Å². The van der Waals surface area contributed by atoms with Crippen LogP contribution in [0, 0.1) is 10.1 Å². The van der Waals surface area contributed by atoms with E-state index in [1.165, 1.54) is 12.1 Å². The first-order valence-corrected chi connectivity index (χ1v) is 11.7. The Balaban J connectivity index is 1.53. The molecule has 1 N–H and O–H groups in total. The van der Waals surface area contributed by atoms with Gasteiger partial charge in [-0.15, -0.1) is 0 Å². The van der Waals surface area contributed by atoms with Crippen LogP contribution in [0.1, 0.15) is 24.5 Å². The summed E-state index contributed by atoms with van der Waals surface area (Å²) in [6.07, 6.45) is 1.09. The first kappa shape index (κ1) is 24.4. The third-order valence-electron chi connectivity index (χ3n) is 5.20. The Morgan fingerprint density at radius 1 is 1.16 bits per heavy atom. The second-order valence-electron chi connectivity index (χ2n) is 7.52. The average Bonchev–Trinajstić information content (AvgIpc) is 2.80. The van der Waals surface area contributed by atoms with Gasteiger partial charge in [0.05, 0.1) is 24.7 Å². The minimum absolute atomic E-state index is 0.0632. The molecule has 0 radical (unpaired) electrons. The highest BCUT2D eigenvalue weighted by molar-refractivity contribution is 9.10. The number of morpholine rings is 1. The Hall–Kier alpha value is -2.20. The molecular weight excluding hydrogens is 478 g/mol. The molecule has 9 heteroatoms. The number of nitro benzene ring substituents is 1. The van der Waals surface area contributed by atoms with Crippen LogP contribution in [0.4, 0.5) is 5.69 Å². The monoisotopic (exact) mass is 507 g/mol. The molecule has 1 heterocycles. The number of nitrogens with one attached hydrogen (secondary N) is 1. The largest absolute Gasteiger partial charge is 0.490 e. The van der Waals surface area contributed by atoms with Crippen molar-refractivity contribution in [1.82, 2.24) is 10.2 Å². The summed E-state index contributed by atoms with van der Waals surface area (Å²) in [5.74, 6) is 1.32. The molecule has 2 aromatic rings. The molecule has 1 aliphatic heterocycles. The van der Waals surface area contributed by atoms with Gasteiger partial charge < -0.3 is 19.5 Å². The van der Waals surface area contributed by atoms with E-state index in [1.807, 2.05) is 19.1 Å². The van der Waals surface area contributed by atoms with Gasteiger partial charge in [-0.1, -0.05) is 15.9 Å². The molecule has 0 aromatic heterocycles. The second-order valence-corrected chi connectivity index (χ2v) is 8.37. The van der Waals surface area contributed by atoms with Gasteiger partial charge in [0.1, 0.15) is 6.61 Å². The third kappa shape index (κ3) is 7.44. The molecule has 0 unspecified atom stereocenters. The summed E-state index contributed by atoms with van der Waals surface area (Å²) in [6, 6.07) is 10.3. The fourth-order valence-electron chi connectivity index (χ4n) is 3.44. The van der Waals surface area contributed by atoms with Crippen LogP contribution in [0.25, 0.3) is 0 Å². The topological polar surface area (TPSA) is 86.1 Å². The summed E-state index contributed by atoms with van der Waals surface area (Å²) in [5.41, 5.74) is 2.01. The van der Waals surface area contributed by atoms with Gasteiger partial charge in [0, 0.05) is 36.2 Å². The number of hydrogen-bond donors (Lipinski definition) is 1. The van der Waals surface area contributed by atoms with E-state index in [-0.39, 0.29) is 5.69 Å². The maximum Gasteiger partial charge on any atom is 0.269 e. The lowest BCUT2D eigenvalue weighted by Crippen LogP contribution is -2.37. The minimum Gasteiger partial charge on any atom is -0.490 e. The van der Waals surface area contributed by atoms with E-state index in [0.29, 0.717) is 24.7 Å². The number of rotatable bonds is 12. The number of halogens is 1. The maximum atomic E-state index is 10.8.